The number of ether oxygens (including phenoxy) is 2. The van der Waals surface area contributed by atoms with Crippen LogP contribution >= 0.6 is 0 Å². The van der Waals surface area contributed by atoms with Crippen molar-refractivity contribution in [2.24, 2.45) is 0 Å². The fourth-order valence-electron chi connectivity index (χ4n) is 2.03. The lowest BCUT2D eigenvalue weighted by molar-refractivity contribution is -0.105. The largest absolute Gasteiger partial charge is 0.487 e. The van der Waals surface area contributed by atoms with E-state index in [1.807, 2.05) is 48.5 Å². The summed E-state index contributed by atoms with van der Waals surface area (Å²) in [6.45, 7) is 1.21. The zero-order valence-corrected chi connectivity index (χ0v) is 10.9. The molecular weight excluding hydrogens is 254 g/mol. The Kier molecular flexibility index (Phi) is 3.65. The van der Waals surface area contributed by atoms with Crippen LogP contribution in [0, 0.1) is 0 Å². The molecule has 4 heteroatoms. The monoisotopic (exact) mass is 269 g/mol. The molecule has 20 heavy (non-hydrogen) atoms. The van der Waals surface area contributed by atoms with Gasteiger partial charge in [0, 0.05) is 0 Å². The molecule has 102 valence electrons. The van der Waals surface area contributed by atoms with Crippen molar-refractivity contribution in [2.45, 2.75) is 12.7 Å². The van der Waals surface area contributed by atoms with E-state index in [1.165, 1.54) is 0 Å². The van der Waals surface area contributed by atoms with Crippen molar-refractivity contribution >= 4 is 12.1 Å². The Morgan fingerprint density at radius 1 is 1.25 bits per heavy atom. The molecule has 2 aromatic rings. The van der Waals surface area contributed by atoms with Gasteiger partial charge in [0.1, 0.15) is 18.5 Å². The third-order valence-electron chi connectivity index (χ3n) is 3.16. The van der Waals surface area contributed by atoms with E-state index in [-0.39, 0.29) is 6.10 Å². The highest BCUT2D eigenvalue weighted by molar-refractivity contribution is 5.76. The van der Waals surface area contributed by atoms with E-state index >= 15 is 0 Å². The number of anilines is 1. The lowest BCUT2D eigenvalue weighted by Crippen LogP contribution is -2.01. The Bertz CT molecular complexity index is 594. The van der Waals surface area contributed by atoms with Crippen LogP contribution in [0.1, 0.15) is 17.2 Å². The number of benzene rings is 2. The molecule has 1 saturated heterocycles. The molecule has 1 amide bonds. The highest BCUT2D eigenvalue weighted by Crippen LogP contribution is 2.35. The van der Waals surface area contributed by atoms with Gasteiger partial charge in [-0.25, -0.2) is 0 Å². The van der Waals surface area contributed by atoms with Crippen LogP contribution in [-0.4, -0.2) is 13.0 Å². The van der Waals surface area contributed by atoms with Gasteiger partial charge >= 0.3 is 0 Å². The van der Waals surface area contributed by atoms with Crippen molar-refractivity contribution in [3.8, 4) is 5.75 Å². The molecule has 1 aliphatic rings. The Morgan fingerprint density at radius 3 is 2.75 bits per heavy atom. The molecule has 0 aliphatic carbocycles. The minimum Gasteiger partial charge on any atom is -0.487 e. The van der Waals surface area contributed by atoms with Crippen molar-refractivity contribution in [1.82, 2.24) is 0 Å². The number of epoxide rings is 1. The smallest absolute Gasteiger partial charge is 0.211 e. The van der Waals surface area contributed by atoms with E-state index in [0.29, 0.717) is 24.5 Å². The normalized spacial score (nSPS) is 16.5. The molecule has 1 fully saturated rings. The first-order valence-electron chi connectivity index (χ1n) is 6.49. The summed E-state index contributed by atoms with van der Waals surface area (Å²) in [5.41, 5.74) is 2.81. The summed E-state index contributed by atoms with van der Waals surface area (Å²) in [6, 6.07) is 15.6. The molecule has 2 aromatic carbocycles. The van der Waals surface area contributed by atoms with Crippen LogP contribution in [0.2, 0.25) is 0 Å². The zero-order chi connectivity index (χ0) is 13.8. The minimum atomic E-state index is 0.158. The van der Waals surface area contributed by atoms with Gasteiger partial charge in [-0.05, 0) is 23.3 Å². The number of carbonyl (C=O) groups excluding carboxylic acids is 1. The summed E-state index contributed by atoms with van der Waals surface area (Å²) < 4.78 is 11.0. The molecule has 0 radical (unpaired) electrons. The summed E-state index contributed by atoms with van der Waals surface area (Å²) in [5, 5.41) is 2.67. The second-order valence-corrected chi connectivity index (χ2v) is 4.61. The van der Waals surface area contributed by atoms with Crippen LogP contribution in [-0.2, 0) is 16.1 Å². The lowest BCUT2D eigenvalue weighted by atomic mass is 10.1. The Labute approximate surface area is 117 Å². The zero-order valence-electron chi connectivity index (χ0n) is 10.9. The number of hydrogen-bond acceptors (Lipinski definition) is 3. The number of amides is 1. The number of nitrogens with one attached hydrogen (secondary N) is 1. The highest BCUT2D eigenvalue weighted by Gasteiger charge is 2.25. The van der Waals surface area contributed by atoms with Crippen molar-refractivity contribution < 1.29 is 14.3 Å². The Hall–Kier alpha value is -2.33. The van der Waals surface area contributed by atoms with Gasteiger partial charge in [0.15, 0.2) is 0 Å². The van der Waals surface area contributed by atoms with Crippen LogP contribution in [0.5, 0.6) is 5.75 Å². The summed E-state index contributed by atoms with van der Waals surface area (Å²) in [7, 11) is 0. The van der Waals surface area contributed by atoms with Gasteiger partial charge in [0.05, 0.1) is 12.3 Å². The SMILES string of the molecule is O=CNc1cc([C@H]2CO2)ccc1OCc1ccccc1. The number of hydrogen-bond donors (Lipinski definition) is 1. The highest BCUT2D eigenvalue weighted by atomic mass is 16.6. The van der Waals surface area contributed by atoms with Gasteiger partial charge in [-0.2, -0.15) is 0 Å². The van der Waals surface area contributed by atoms with Crippen LogP contribution in [0.15, 0.2) is 48.5 Å². The second-order valence-electron chi connectivity index (χ2n) is 4.61. The maximum absolute atomic E-state index is 10.7. The van der Waals surface area contributed by atoms with Gasteiger partial charge in [-0.15, -0.1) is 0 Å². The first kappa shape index (κ1) is 12.7. The Morgan fingerprint density at radius 2 is 2.05 bits per heavy atom. The topological polar surface area (TPSA) is 50.9 Å². The minimum absolute atomic E-state index is 0.158. The molecule has 4 nitrogen and oxygen atoms in total. The van der Waals surface area contributed by atoms with Crippen LogP contribution in [0.4, 0.5) is 5.69 Å². The van der Waals surface area contributed by atoms with Gasteiger partial charge < -0.3 is 14.8 Å². The quantitative estimate of drug-likeness (QED) is 0.648. The fraction of sp³-hybridized carbons (Fsp3) is 0.188. The van der Waals surface area contributed by atoms with Crippen LogP contribution < -0.4 is 10.1 Å². The fourth-order valence-corrected chi connectivity index (χ4v) is 2.03. The molecule has 0 spiro atoms. The summed E-state index contributed by atoms with van der Waals surface area (Å²) in [6.07, 6.45) is 0.813. The number of rotatable bonds is 6. The molecule has 1 atom stereocenters. The van der Waals surface area contributed by atoms with Crippen LogP contribution in [0.25, 0.3) is 0 Å². The average molecular weight is 269 g/mol. The van der Waals surface area contributed by atoms with Crippen LogP contribution in [0.3, 0.4) is 0 Å². The van der Waals surface area contributed by atoms with Crippen molar-refractivity contribution in [3.05, 3.63) is 59.7 Å². The molecule has 0 aromatic heterocycles. The lowest BCUT2D eigenvalue weighted by Gasteiger charge is -2.12. The van der Waals surface area contributed by atoms with E-state index < -0.39 is 0 Å². The van der Waals surface area contributed by atoms with Crippen molar-refractivity contribution in [1.29, 1.82) is 0 Å². The molecular formula is C16H15NO3. The predicted molar refractivity (Wildman–Crippen MR) is 75.6 cm³/mol. The van der Waals surface area contributed by atoms with Gasteiger partial charge in [0.2, 0.25) is 6.41 Å². The summed E-state index contributed by atoms with van der Waals surface area (Å²) in [4.78, 5) is 10.7. The van der Waals surface area contributed by atoms with Crippen molar-refractivity contribution in [2.75, 3.05) is 11.9 Å². The summed E-state index contributed by atoms with van der Waals surface area (Å²) >= 11 is 0. The standard InChI is InChI=1S/C16H15NO3/c18-11-17-14-8-13(16-10-20-16)6-7-15(14)19-9-12-4-2-1-3-5-12/h1-8,11,16H,9-10H2,(H,17,18)/t16-/m1/s1. The number of carbonyl (C=O) groups is 1. The van der Waals surface area contributed by atoms with E-state index in [1.54, 1.807) is 0 Å². The molecule has 3 rings (SSSR count). The first-order valence-corrected chi connectivity index (χ1v) is 6.49. The third-order valence-corrected chi connectivity index (χ3v) is 3.16. The third kappa shape index (κ3) is 2.97. The van der Waals surface area contributed by atoms with Gasteiger partial charge in [-0.3, -0.25) is 4.79 Å². The Balaban J connectivity index is 1.75. The molecule has 0 saturated carbocycles. The second kappa shape index (κ2) is 5.75. The van der Waals surface area contributed by atoms with E-state index in [9.17, 15) is 4.79 Å². The first-order chi connectivity index (χ1) is 9.86. The van der Waals surface area contributed by atoms with Gasteiger partial charge in [-0.1, -0.05) is 36.4 Å². The maximum Gasteiger partial charge on any atom is 0.211 e. The molecule has 1 N–H and O–H groups in total. The van der Waals surface area contributed by atoms with Gasteiger partial charge in [0.25, 0.3) is 0 Å². The molecule has 1 heterocycles. The summed E-state index contributed by atoms with van der Waals surface area (Å²) in [5.74, 6) is 0.658. The predicted octanol–water partition coefficient (Wildman–Crippen LogP) is 2.91. The van der Waals surface area contributed by atoms with Crippen molar-refractivity contribution in [3.63, 3.8) is 0 Å². The van der Waals surface area contributed by atoms with E-state index in [0.717, 1.165) is 17.7 Å². The van der Waals surface area contributed by atoms with E-state index in [4.69, 9.17) is 9.47 Å². The van der Waals surface area contributed by atoms with E-state index in [2.05, 4.69) is 5.32 Å². The molecule has 0 unspecified atom stereocenters. The molecule has 0 bridgehead atoms. The maximum atomic E-state index is 10.7. The average Bonchev–Trinajstić information content (AvgIpc) is 3.32. The molecule has 1 aliphatic heterocycles.